The normalized spacial score (nSPS) is 8.68. The Labute approximate surface area is 113 Å². The lowest BCUT2D eigenvalue weighted by Gasteiger charge is -2.03. The summed E-state index contributed by atoms with van der Waals surface area (Å²) in [6, 6.07) is 9.92. The van der Waals surface area contributed by atoms with Gasteiger partial charge in [0, 0.05) is 18.1 Å². The fraction of sp³-hybridized carbons (Fsp3) is 0.200. The molecular formula is C15H18O4. The zero-order valence-corrected chi connectivity index (χ0v) is 11.0. The van der Waals surface area contributed by atoms with Crippen molar-refractivity contribution in [2.24, 2.45) is 0 Å². The van der Waals surface area contributed by atoms with Crippen LogP contribution in [0.2, 0.25) is 0 Å². The average molecular weight is 262 g/mol. The number of carboxylic acid groups (broad SMARTS) is 1. The van der Waals surface area contributed by atoms with Gasteiger partial charge >= 0.3 is 11.9 Å². The molecule has 19 heavy (non-hydrogen) atoms. The van der Waals surface area contributed by atoms with Crippen LogP contribution in [-0.2, 0) is 20.7 Å². The summed E-state index contributed by atoms with van der Waals surface area (Å²) in [5.74, 6) is -1.30. The summed E-state index contributed by atoms with van der Waals surface area (Å²) >= 11 is 0. The van der Waals surface area contributed by atoms with Gasteiger partial charge in [-0.1, -0.05) is 43.5 Å². The number of carbonyl (C=O) groups is 2. The molecule has 0 spiro atoms. The molecule has 0 amide bonds. The second-order valence-electron chi connectivity index (χ2n) is 3.69. The Kier molecular flexibility index (Phi) is 8.45. The Morgan fingerprint density at radius 3 is 2.26 bits per heavy atom. The predicted molar refractivity (Wildman–Crippen MR) is 73.8 cm³/mol. The Balaban J connectivity index is 0.000000555. The van der Waals surface area contributed by atoms with E-state index in [0.717, 1.165) is 12.5 Å². The molecule has 102 valence electrons. The molecule has 0 saturated carbocycles. The summed E-state index contributed by atoms with van der Waals surface area (Å²) in [4.78, 5) is 20.3. The van der Waals surface area contributed by atoms with Crippen LogP contribution in [0, 0.1) is 0 Å². The van der Waals surface area contributed by atoms with Crippen LogP contribution in [0.25, 0.3) is 0 Å². The van der Waals surface area contributed by atoms with Gasteiger partial charge in [0.15, 0.2) is 0 Å². The van der Waals surface area contributed by atoms with E-state index in [2.05, 4.69) is 13.2 Å². The molecule has 0 bridgehead atoms. The molecule has 4 heteroatoms. The van der Waals surface area contributed by atoms with Crippen LogP contribution in [-0.4, -0.2) is 23.7 Å². The summed E-state index contributed by atoms with van der Waals surface area (Å²) in [7, 11) is 0. The van der Waals surface area contributed by atoms with Crippen molar-refractivity contribution in [2.45, 2.75) is 13.3 Å². The van der Waals surface area contributed by atoms with Crippen molar-refractivity contribution in [3.63, 3.8) is 0 Å². The van der Waals surface area contributed by atoms with Gasteiger partial charge in [-0.25, -0.2) is 9.59 Å². The fourth-order valence-corrected chi connectivity index (χ4v) is 1.03. The first-order valence-electron chi connectivity index (χ1n) is 5.69. The summed E-state index contributed by atoms with van der Waals surface area (Å²) in [5.41, 5.74) is 1.61. The highest BCUT2D eigenvalue weighted by Crippen LogP contribution is 2.00. The minimum absolute atomic E-state index is 0.319. The molecule has 0 aliphatic rings. The third-order valence-electron chi connectivity index (χ3n) is 1.99. The number of aliphatic carboxylic acids is 1. The molecule has 0 aliphatic heterocycles. The molecule has 1 rings (SSSR count). The van der Waals surface area contributed by atoms with E-state index in [-0.39, 0.29) is 5.97 Å². The molecule has 0 aromatic heterocycles. The highest BCUT2D eigenvalue weighted by Gasteiger charge is 2.01. The molecule has 0 saturated heterocycles. The van der Waals surface area contributed by atoms with Gasteiger partial charge < -0.3 is 9.84 Å². The van der Waals surface area contributed by atoms with E-state index in [1.807, 2.05) is 30.3 Å². The highest BCUT2D eigenvalue weighted by atomic mass is 16.5. The fourth-order valence-electron chi connectivity index (χ4n) is 1.03. The second kappa shape index (κ2) is 9.65. The quantitative estimate of drug-likeness (QED) is 0.654. The number of hydrogen-bond acceptors (Lipinski definition) is 3. The van der Waals surface area contributed by atoms with Gasteiger partial charge in [-0.2, -0.15) is 0 Å². The minimum atomic E-state index is -0.981. The van der Waals surface area contributed by atoms with Crippen LogP contribution in [0.15, 0.2) is 55.1 Å². The van der Waals surface area contributed by atoms with Gasteiger partial charge in [0.05, 0.1) is 6.61 Å². The third kappa shape index (κ3) is 9.35. The molecule has 0 radical (unpaired) electrons. The molecule has 1 N–H and O–H groups in total. The van der Waals surface area contributed by atoms with Crippen molar-refractivity contribution in [1.29, 1.82) is 0 Å². The number of hydrogen-bond donors (Lipinski definition) is 1. The van der Waals surface area contributed by atoms with Crippen LogP contribution in [0.3, 0.4) is 0 Å². The van der Waals surface area contributed by atoms with E-state index < -0.39 is 5.97 Å². The van der Waals surface area contributed by atoms with E-state index in [0.29, 0.717) is 12.2 Å². The molecule has 0 aliphatic carbocycles. The SMILES string of the molecule is C=C(C)C(=O)OCCc1ccccc1.C=CC(=O)O. The number of rotatable bonds is 5. The standard InChI is InChI=1S/C12H14O2.C3H4O2/c1-10(2)12(13)14-9-8-11-6-4-3-5-7-11;1-2-3(4)5/h3-7H,1,8-9H2,2H3;2H,1H2,(H,4,5). The largest absolute Gasteiger partial charge is 0.478 e. The van der Waals surface area contributed by atoms with Gasteiger partial charge in [-0.3, -0.25) is 0 Å². The summed E-state index contributed by atoms with van der Waals surface area (Å²) in [6.45, 7) is 8.52. The van der Waals surface area contributed by atoms with E-state index in [1.54, 1.807) is 6.92 Å². The van der Waals surface area contributed by atoms with Gasteiger partial charge in [-0.05, 0) is 12.5 Å². The predicted octanol–water partition coefficient (Wildman–Crippen LogP) is 2.61. The first-order valence-corrected chi connectivity index (χ1v) is 5.69. The van der Waals surface area contributed by atoms with Crippen LogP contribution in [0.4, 0.5) is 0 Å². The zero-order chi connectivity index (χ0) is 14.7. The highest BCUT2D eigenvalue weighted by molar-refractivity contribution is 5.86. The lowest BCUT2D eigenvalue weighted by atomic mass is 10.2. The number of esters is 1. The maximum atomic E-state index is 11.0. The summed E-state index contributed by atoms with van der Waals surface area (Å²) in [6.07, 6.45) is 1.58. The van der Waals surface area contributed by atoms with Crippen molar-refractivity contribution in [3.05, 3.63) is 60.7 Å². The van der Waals surface area contributed by atoms with Crippen LogP contribution in [0.5, 0.6) is 0 Å². The van der Waals surface area contributed by atoms with Crippen LogP contribution >= 0.6 is 0 Å². The number of benzene rings is 1. The molecule has 0 heterocycles. The molecule has 0 fully saturated rings. The average Bonchev–Trinajstić information content (AvgIpc) is 2.40. The van der Waals surface area contributed by atoms with Gasteiger partial charge in [0.2, 0.25) is 0 Å². The van der Waals surface area contributed by atoms with E-state index in [9.17, 15) is 9.59 Å². The molecule has 4 nitrogen and oxygen atoms in total. The van der Waals surface area contributed by atoms with Crippen molar-refractivity contribution in [1.82, 2.24) is 0 Å². The maximum Gasteiger partial charge on any atom is 0.333 e. The molecule has 1 aromatic rings. The third-order valence-corrected chi connectivity index (χ3v) is 1.99. The topological polar surface area (TPSA) is 63.6 Å². The number of carbonyl (C=O) groups excluding carboxylic acids is 1. The Morgan fingerprint density at radius 2 is 1.84 bits per heavy atom. The van der Waals surface area contributed by atoms with Gasteiger partial charge in [0.1, 0.15) is 0 Å². The maximum absolute atomic E-state index is 11.0. The lowest BCUT2D eigenvalue weighted by molar-refractivity contribution is -0.138. The van der Waals surface area contributed by atoms with Crippen molar-refractivity contribution in [3.8, 4) is 0 Å². The van der Waals surface area contributed by atoms with E-state index >= 15 is 0 Å². The van der Waals surface area contributed by atoms with Crippen molar-refractivity contribution < 1.29 is 19.4 Å². The minimum Gasteiger partial charge on any atom is -0.478 e. The van der Waals surface area contributed by atoms with E-state index in [1.165, 1.54) is 5.56 Å². The number of carboxylic acids is 1. The van der Waals surface area contributed by atoms with Gasteiger partial charge in [-0.15, -0.1) is 0 Å². The molecule has 0 unspecified atom stereocenters. The summed E-state index contributed by atoms with van der Waals surface area (Å²) in [5, 5.41) is 7.60. The second-order valence-corrected chi connectivity index (χ2v) is 3.69. The van der Waals surface area contributed by atoms with Crippen LogP contribution < -0.4 is 0 Å². The Bertz CT molecular complexity index is 435. The monoisotopic (exact) mass is 262 g/mol. The van der Waals surface area contributed by atoms with Crippen molar-refractivity contribution >= 4 is 11.9 Å². The van der Waals surface area contributed by atoms with Crippen molar-refractivity contribution in [2.75, 3.05) is 6.61 Å². The zero-order valence-electron chi connectivity index (χ0n) is 11.0. The smallest absolute Gasteiger partial charge is 0.333 e. The number of ether oxygens (including phenoxy) is 1. The molecule has 0 atom stereocenters. The Morgan fingerprint density at radius 1 is 1.32 bits per heavy atom. The first kappa shape index (κ1) is 16.6. The van der Waals surface area contributed by atoms with Gasteiger partial charge in [0.25, 0.3) is 0 Å². The Hall–Kier alpha value is -2.36. The lowest BCUT2D eigenvalue weighted by Crippen LogP contribution is -2.07. The molecule has 1 aromatic carbocycles. The van der Waals surface area contributed by atoms with Crippen LogP contribution in [0.1, 0.15) is 12.5 Å². The van der Waals surface area contributed by atoms with E-state index in [4.69, 9.17) is 9.84 Å². The first-order chi connectivity index (χ1) is 8.97. The summed E-state index contributed by atoms with van der Waals surface area (Å²) < 4.78 is 4.97. The molecular weight excluding hydrogens is 244 g/mol.